The fourth-order valence-corrected chi connectivity index (χ4v) is 1.38. The molecular formula is C10H6F3N3O2. The molecule has 0 bridgehead atoms. The van der Waals surface area contributed by atoms with E-state index in [1.165, 1.54) is 17.2 Å². The van der Waals surface area contributed by atoms with Gasteiger partial charge in [-0.25, -0.2) is 4.79 Å². The Labute approximate surface area is 98.5 Å². The van der Waals surface area contributed by atoms with Gasteiger partial charge in [0, 0.05) is 5.69 Å². The molecule has 0 aliphatic rings. The molecule has 94 valence electrons. The van der Waals surface area contributed by atoms with E-state index in [-0.39, 0.29) is 5.69 Å². The summed E-state index contributed by atoms with van der Waals surface area (Å²) in [6, 6.07) is 2.52. The molecule has 1 heterocycles. The molecule has 0 amide bonds. The first kappa shape index (κ1) is 12.1. The van der Waals surface area contributed by atoms with Crippen LogP contribution in [0.15, 0.2) is 30.9 Å². The van der Waals surface area contributed by atoms with Gasteiger partial charge >= 0.3 is 12.1 Å². The average molecular weight is 257 g/mol. The van der Waals surface area contributed by atoms with Crippen LogP contribution in [0.25, 0.3) is 5.69 Å². The fraction of sp³-hybridized carbons (Fsp3) is 0.100. The summed E-state index contributed by atoms with van der Waals surface area (Å²) in [6.45, 7) is 0. The highest BCUT2D eigenvalue weighted by molar-refractivity contribution is 5.88. The van der Waals surface area contributed by atoms with Crippen molar-refractivity contribution >= 4 is 5.97 Å². The number of aromatic carboxylic acids is 1. The summed E-state index contributed by atoms with van der Waals surface area (Å²) in [6.07, 6.45) is -2.25. The highest BCUT2D eigenvalue weighted by Crippen LogP contribution is 2.31. The molecule has 0 spiro atoms. The predicted octanol–water partition coefficient (Wildman–Crippen LogP) is 1.98. The first-order valence-electron chi connectivity index (χ1n) is 4.68. The molecule has 2 rings (SSSR count). The number of hydrogen-bond donors (Lipinski definition) is 1. The molecule has 0 fully saturated rings. The molecule has 0 atom stereocenters. The quantitative estimate of drug-likeness (QED) is 0.893. The van der Waals surface area contributed by atoms with Crippen LogP contribution >= 0.6 is 0 Å². The molecule has 0 radical (unpaired) electrons. The zero-order valence-electron chi connectivity index (χ0n) is 8.72. The van der Waals surface area contributed by atoms with Gasteiger partial charge in [-0.1, -0.05) is 0 Å². The number of carbonyl (C=O) groups is 1. The van der Waals surface area contributed by atoms with Gasteiger partial charge in [0.05, 0.1) is 11.1 Å². The minimum atomic E-state index is -4.62. The van der Waals surface area contributed by atoms with Crippen molar-refractivity contribution in [2.75, 3.05) is 0 Å². The van der Waals surface area contributed by atoms with Gasteiger partial charge in [-0.15, -0.1) is 10.2 Å². The molecular weight excluding hydrogens is 251 g/mol. The Balaban J connectivity index is 2.61. The Morgan fingerprint density at radius 2 is 1.78 bits per heavy atom. The second-order valence-electron chi connectivity index (χ2n) is 3.44. The summed E-state index contributed by atoms with van der Waals surface area (Å²) in [5.41, 5.74) is -1.45. The second kappa shape index (κ2) is 4.13. The molecule has 0 aliphatic carbocycles. The molecule has 18 heavy (non-hydrogen) atoms. The molecule has 1 aromatic heterocycles. The van der Waals surface area contributed by atoms with Crippen molar-refractivity contribution < 1.29 is 23.1 Å². The van der Waals surface area contributed by atoms with Gasteiger partial charge in [0.15, 0.2) is 0 Å². The Kier molecular flexibility index (Phi) is 2.77. The number of nitrogens with zero attached hydrogens (tertiary/aromatic N) is 3. The first-order chi connectivity index (χ1) is 8.38. The molecule has 0 unspecified atom stereocenters. The third-order valence-corrected chi connectivity index (χ3v) is 2.21. The number of rotatable bonds is 2. The van der Waals surface area contributed by atoms with E-state index in [0.717, 1.165) is 12.1 Å². The van der Waals surface area contributed by atoms with E-state index >= 15 is 0 Å². The molecule has 0 saturated heterocycles. The summed E-state index contributed by atoms with van der Waals surface area (Å²) in [5, 5.41) is 15.7. The first-order valence-corrected chi connectivity index (χ1v) is 4.68. The molecule has 8 heteroatoms. The largest absolute Gasteiger partial charge is 0.478 e. The van der Waals surface area contributed by atoms with E-state index in [0.29, 0.717) is 6.07 Å². The lowest BCUT2D eigenvalue weighted by Gasteiger charge is -2.10. The van der Waals surface area contributed by atoms with Crippen molar-refractivity contribution in [3.05, 3.63) is 42.0 Å². The lowest BCUT2D eigenvalue weighted by atomic mass is 10.1. The van der Waals surface area contributed by atoms with Crippen LogP contribution in [-0.2, 0) is 6.18 Å². The van der Waals surface area contributed by atoms with Crippen LogP contribution in [0.5, 0.6) is 0 Å². The van der Waals surface area contributed by atoms with Crippen LogP contribution in [0.4, 0.5) is 13.2 Å². The van der Waals surface area contributed by atoms with Crippen LogP contribution in [0.2, 0.25) is 0 Å². The number of aromatic nitrogens is 3. The molecule has 1 aromatic carbocycles. The van der Waals surface area contributed by atoms with E-state index in [1.807, 2.05) is 0 Å². The standard InChI is InChI=1S/C10H6F3N3O2/c11-10(12,13)7-1-6(9(17)18)2-8(3-7)16-4-14-15-5-16/h1-5H,(H,17,18). The van der Waals surface area contributed by atoms with Gasteiger partial charge in [-0.3, -0.25) is 4.57 Å². The van der Waals surface area contributed by atoms with Crippen LogP contribution in [-0.4, -0.2) is 25.8 Å². The number of benzene rings is 1. The van der Waals surface area contributed by atoms with Crippen LogP contribution < -0.4 is 0 Å². The summed E-state index contributed by atoms with van der Waals surface area (Å²) in [7, 11) is 0. The highest BCUT2D eigenvalue weighted by atomic mass is 19.4. The van der Waals surface area contributed by atoms with Gasteiger partial charge in [0.2, 0.25) is 0 Å². The minimum absolute atomic E-state index is 0.0345. The summed E-state index contributed by atoms with van der Waals surface area (Å²) >= 11 is 0. The second-order valence-corrected chi connectivity index (χ2v) is 3.44. The van der Waals surface area contributed by atoms with Crippen molar-refractivity contribution in [1.82, 2.24) is 14.8 Å². The number of carboxylic acid groups (broad SMARTS) is 1. The molecule has 0 saturated carbocycles. The minimum Gasteiger partial charge on any atom is -0.478 e. The zero-order valence-corrected chi connectivity index (χ0v) is 8.72. The molecule has 2 aromatic rings. The third kappa shape index (κ3) is 2.31. The zero-order chi connectivity index (χ0) is 13.3. The average Bonchev–Trinajstić information content (AvgIpc) is 2.80. The van der Waals surface area contributed by atoms with E-state index in [2.05, 4.69) is 10.2 Å². The van der Waals surface area contributed by atoms with Crippen molar-refractivity contribution in [2.24, 2.45) is 0 Å². The number of halogens is 3. The molecule has 5 nitrogen and oxygen atoms in total. The summed E-state index contributed by atoms with van der Waals surface area (Å²) < 4.78 is 39.1. The van der Waals surface area contributed by atoms with Gasteiger partial charge in [0.1, 0.15) is 12.7 Å². The lowest BCUT2D eigenvalue weighted by molar-refractivity contribution is -0.137. The number of hydrogen-bond acceptors (Lipinski definition) is 3. The van der Waals surface area contributed by atoms with Gasteiger partial charge < -0.3 is 5.11 Å². The lowest BCUT2D eigenvalue weighted by Crippen LogP contribution is -2.09. The maximum atomic E-state index is 12.6. The normalized spacial score (nSPS) is 11.5. The van der Waals surface area contributed by atoms with E-state index in [9.17, 15) is 18.0 Å². The predicted molar refractivity (Wildman–Crippen MR) is 53.3 cm³/mol. The van der Waals surface area contributed by atoms with Crippen molar-refractivity contribution in [1.29, 1.82) is 0 Å². The topological polar surface area (TPSA) is 68.0 Å². The van der Waals surface area contributed by atoms with Crippen molar-refractivity contribution in [2.45, 2.75) is 6.18 Å². The molecule has 0 aliphatic heterocycles. The Morgan fingerprint density at radius 3 is 2.28 bits per heavy atom. The van der Waals surface area contributed by atoms with Crippen molar-refractivity contribution in [3.63, 3.8) is 0 Å². The van der Waals surface area contributed by atoms with E-state index in [1.54, 1.807) is 0 Å². The fourth-order valence-electron chi connectivity index (χ4n) is 1.38. The van der Waals surface area contributed by atoms with Crippen LogP contribution in [0, 0.1) is 0 Å². The Morgan fingerprint density at radius 1 is 1.17 bits per heavy atom. The maximum absolute atomic E-state index is 12.6. The summed E-state index contributed by atoms with van der Waals surface area (Å²) in [4.78, 5) is 10.8. The van der Waals surface area contributed by atoms with Crippen molar-refractivity contribution in [3.8, 4) is 5.69 Å². The number of alkyl halides is 3. The highest BCUT2D eigenvalue weighted by Gasteiger charge is 2.32. The van der Waals surface area contributed by atoms with Gasteiger partial charge in [-0.2, -0.15) is 13.2 Å². The van der Waals surface area contributed by atoms with E-state index in [4.69, 9.17) is 5.11 Å². The smallest absolute Gasteiger partial charge is 0.416 e. The SMILES string of the molecule is O=C(O)c1cc(-n2cnnc2)cc(C(F)(F)F)c1. The molecule has 1 N–H and O–H groups in total. The van der Waals surface area contributed by atoms with E-state index < -0.39 is 23.3 Å². The third-order valence-electron chi connectivity index (χ3n) is 2.21. The van der Waals surface area contributed by atoms with Gasteiger partial charge in [0.25, 0.3) is 0 Å². The van der Waals surface area contributed by atoms with Gasteiger partial charge in [-0.05, 0) is 18.2 Å². The number of carboxylic acids is 1. The maximum Gasteiger partial charge on any atom is 0.416 e. The monoisotopic (exact) mass is 257 g/mol. The Hall–Kier alpha value is -2.38. The van der Waals surface area contributed by atoms with Crippen LogP contribution in [0.1, 0.15) is 15.9 Å². The summed E-state index contributed by atoms with van der Waals surface area (Å²) in [5.74, 6) is -1.43. The Bertz CT molecular complexity index is 579. The van der Waals surface area contributed by atoms with Crippen LogP contribution in [0.3, 0.4) is 0 Å².